The van der Waals surface area contributed by atoms with Crippen LogP contribution in [-0.4, -0.2) is 60.2 Å². The van der Waals surface area contributed by atoms with Crippen LogP contribution in [0.3, 0.4) is 0 Å². The zero-order valence-corrected chi connectivity index (χ0v) is 25.8. The van der Waals surface area contributed by atoms with Gasteiger partial charge >= 0.3 is 0 Å². The standard InChI is InChI=1S/C33H30ClF2N5O5/c1-44-22-5-3-19(28(13-22)45-2)16-41-17-27-30(33(41)43)23(34)14-26(40-27)31-24(35)11-21(12-25(31)36)38-29-6-4-18(15-37-29)32(42)39-20-7-9-46-10-8-20/h3-6,11-15,20H,7-10,16-17H2,1-2H3,(H,37,38)(H,39,42). The van der Waals surface area contributed by atoms with E-state index in [-0.39, 0.29) is 58.5 Å². The second-order valence-corrected chi connectivity index (χ2v) is 11.3. The number of aromatic nitrogens is 2. The molecule has 0 bridgehead atoms. The number of hydrogen-bond acceptors (Lipinski definition) is 8. The zero-order chi connectivity index (χ0) is 32.4. The van der Waals surface area contributed by atoms with E-state index < -0.39 is 11.6 Å². The molecule has 10 nitrogen and oxygen atoms in total. The van der Waals surface area contributed by atoms with Gasteiger partial charge in [0.25, 0.3) is 11.8 Å². The molecule has 4 aromatic rings. The largest absolute Gasteiger partial charge is 0.497 e. The van der Waals surface area contributed by atoms with E-state index in [0.717, 1.165) is 30.5 Å². The normalized spacial score (nSPS) is 14.6. The predicted octanol–water partition coefficient (Wildman–Crippen LogP) is 5.90. The molecule has 0 atom stereocenters. The highest BCUT2D eigenvalue weighted by Crippen LogP contribution is 2.36. The van der Waals surface area contributed by atoms with Crippen molar-refractivity contribution < 1.29 is 32.6 Å². The maximum Gasteiger partial charge on any atom is 0.257 e. The van der Waals surface area contributed by atoms with Gasteiger partial charge in [0.05, 0.1) is 60.4 Å². The molecule has 2 aromatic heterocycles. The lowest BCUT2D eigenvalue weighted by atomic mass is 10.1. The Morgan fingerprint density at radius 2 is 1.80 bits per heavy atom. The number of rotatable bonds is 9. The number of carbonyl (C=O) groups is 2. The summed E-state index contributed by atoms with van der Waals surface area (Å²) in [5.41, 5.74) is 1.28. The van der Waals surface area contributed by atoms with Crippen LogP contribution in [0.1, 0.15) is 44.8 Å². The lowest BCUT2D eigenvalue weighted by Gasteiger charge is -2.23. The average molecular weight is 650 g/mol. The fraction of sp³-hybridized carbons (Fsp3) is 0.273. The monoisotopic (exact) mass is 649 g/mol. The second-order valence-electron chi connectivity index (χ2n) is 10.9. The molecule has 0 radical (unpaired) electrons. The Morgan fingerprint density at radius 1 is 1.04 bits per heavy atom. The first-order chi connectivity index (χ1) is 22.2. The Morgan fingerprint density at radius 3 is 2.48 bits per heavy atom. The van der Waals surface area contributed by atoms with Gasteiger partial charge in [0.1, 0.15) is 29.0 Å². The second kappa shape index (κ2) is 13.3. The van der Waals surface area contributed by atoms with E-state index in [2.05, 4.69) is 20.6 Å². The summed E-state index contributed by atoms with van der Waals surface area (Å²) < 4.78 is 46.8. The van der Waals surface area contributed by atoms with Crippen LogP contribution in [0.5, 0.6) is 11.5 Å². The number of ether oxygens (including phenoxy) is 3. The minimum atomic E-state index is -0.886. The number of methoxy groups -OCH3 is 2. The Kier molecular flexibility index (Phi) is 9.00. The van der Waals surface area contributed by atoms with Crippen molar-refractivity contribution in [1.82, 2.24) is 20.2 Å². The van der Waals surface area contributed by atoms with Crippen molar-refractivity contribution in [3.05, 3.63) is 93.8 Å². The predicted molar refractivity (Wildman–Crippen MR) is 167 cm³/mol. The van der Waals surface area contributed by atoms with Crippen LogP contribution in [-0.2, 0) is 17.8 Å². The number of halogens is 3. The van der Waals surface area contributed by atoms with Crippen molar-refractivity contribution in [2.75, 3.05) is 32.8 Å². The first-order valence-electron chi connectivity index (χ1n) is 14.5. The summed E-state index contributed by atoms with van der Waals surface area (Å²) in [5, 5.41) is 5.86. The quantitative estimate of drug-likeness (QED) is 0.230. The summed E-state index contributed by atoms with van der Waals surface area (Å²) in [6.07, 6.45) is 2.88. The zero-order valence-electron chi connectivity index (χ0n) is 25.0. The summed E-state index contributed by atoms with van der Waals surface area (Å²) in [4.78, 5) is 36.0. The van der Waals surface area contributed by atoms with Crippen molar-refractivity contribution in [1.29, 1.82) is 0 Å². The van der Waals surface area contributed by atoms with E-state index in [1.807, 2.05) is 0 Å². The Labute approximate surface area is 268 Å². The molecule has 2 aliphatic rings. The maximum atomic E-state index is 15.4. The number of hydrogen-bond donors (Lipinski definition) is 2. The fourth-order valence-corrected chi connectivity index (χ4v) is 5.80. The van der Waals surface area contributed by atoms with E-state index in [9.17, 15) is 9.59 Å². The Bertz CT molecular complexity index is 1780. The van der Waals surface area contributed by atoms with E-state index in [4.69, 9.17) is 25.8 Å². The first kappa shape index (κ1) is 31.2. The molecule has 46 heavy (non-hydrogen) atoms. The SMILES string of the molecule is COc1ccc(CN2Cc3nc(-c4c(F)cc(Nc5ccc(C(=O)NC6CCOCC6)cn5)cc4F)cc(Cl)c3C2=O)c(OC)c1. The molecule has 1 fully saturated rings. The molecule has 4 heterocycles. The summed E-state index contributed by atoms with van der Waals surface area (Å²) in [6, 6.07) is 12.0. The van der Waals surface area contributed by atoms with Gasteiger partial charge in [-0.15, -0.1) is 0 Å². The van der Waals surface area contributed by atoms with Crippen molar-refractivity contribution >= 4 is 34.9 Å². The molecule has 2 N–H and O–H groups in total. The van der Waals surface area contributed by atoms with Crippen molar-refractivity contribution in [3.63, 3.8) is 0 Å². The molecule has 1 saturated heterocycles. The van der Waals surface area contributed by atoms with Crippen molar-refractivity contribution in [3.8, 4) is 22.8 Å². The van der Waals surface area contributed by atoms with Crippen LogP contribution < -0.4 is 20.1 Å². The van der Waals surface area contributed by atoms with Gasteiger partial charge in [0.2, 0.25) is 0 Å². The van der Waals surface area contributed by atoms with Crippen LogP contribution in [0.2, 0.25) is 5.02 Å². The molecule has 2 aliphatic heterocycles. The van der Waals surface area contributed by atoms with Gasteiger partial charge in [-0.25, -0.2) is 18.7 Å². The number of fused-ring (bicyclic) bond motifs is 1. The number of pyridine rings is 2. The highest BCUT2D eigenvalue weighted by molar-refractivity contribution is 6.34. The van der Waals surface area contributed by atoms with Crippen LogP contribution in [0.4, 0.5) is 20.3 Å². The molecule has 2 aromatic carbocycles. The molecule has 2 amide bonds. The van der Waals surface area contributed by atoms with Crippen LogP contribution in [0.15, 0.2) is 54.7 Å². The van der Waals surface area contributed by atoms with Crippen LogP contribution in [0.25, 0.3) is 11.3 Å². The smallest absolute Gasteiger partial charge is 0.257 e. The molecule has 0 aliphatic carbocycles. The highest BCUT2D eigenvalue weighted by atomic mass is 35.5. The number of anilines is 2. The topological polar surface area (TPSA) is 115 Å². The fourth-order valence-electron chi connectivity index (χ4n) is 5.51. The Hall–Kier alpha value is -4.81. The lowest BCUT2D eigenvalue weighted by molar-refractivity contribution is 0.0695. The molecule has 13 heteroatoms. The number of benzene rings is 2. The summed E-state index contributed by atoms with van der Waals surface area (Å²) in [5.74, 6) is -0.931. The maximum absolute atomic E-state index is 15.4. The average Bonchev–Trinajstić information content (AvgIpc) is 3.36. The minimum absolute atomic E-state index is 0.0417. The van der Waals surface area contributed by atoms with Crippen LogP contribution in [0, 0.1) is 11.6 Å². The summed E-state index contributed by atoms with van der Waals surface area (Å²) >= 11 is 6.49. The summed E-state index contributed by atoms with van der Waals surface area (Å²) in [6.45, 7) is 1.50. The molecule has 6 rings (SSSR count). The van der Waals surface area contributed by atoms with Gasteiger partial charge in [0, 0.05) is 42.8 Å². The van der Waals surface area contributed by atoms with E-state index >= 15 is 8.78 Å². The van der Waals surface area contributed by atoms with Gasteiger partial charge in [0.15, 0.2) is 0 Å². The van der Waals surface area contributed by atoms with E-state index in [0.29, 0.717) is 41.8 Å². The van der Waals surface area contributed by atoms with E-state index in [1.54, 1.807) is 37.4 Å². The number of carbonyl (C=O) groups excluding carboxylic acids is 2. The van der Waals surface area contributed by atoms with Gasteiger partial charge < -0.3 is 29.7 Å². The third-order valence-corrected chi connectivity index (χ3v) is 8.19. The molecule has 238 valence electrons. The van der Waals surface area contributed by atoms with Gasteiger partial charge in [-0.1, -0.05) is 11.6 Å². The lowest BCUT2D eigenvalue weighted by Crippen LogP contribution is -2.38. The van der Waals surface area contributed by atoms with Gasteiger partial charge in [-0.05, 0) is 55.3 Å². The van der Waals surface area contributed by atoms with E-state index in [1.165, 1.54) is 24.3 Å². The third-order valence-electron chi connectivity index (χ3n) is 7.90. The molecular weight excluding hydrogens is 620 g/mol. The number of amides is 2. The molecule has 0 unspecified atom stereocenters. The molecule has 0 spiro atoms. The van der Waals surface area contributed by atoms with Crippen LogP contribution >= 0.6 is 11.6 Å². The van der Waals surface area contributed by atoms with Crippen molar-refractivity contribution in [2.45, 2.75) is 32.0 Å². The highest BCUT2D eigenvalue weighted by Gasteiger charge is 2.33. The summed E-state index contributed by atoms with van der Waals surface area (Å²) in [7, 11) is 3.07. The Balaban J connectivity index is 1.17. The third kappa shape index (κ3) is 6.44. The molecular formula is C33H30ClF2N5O5. The van der Waals surface area contributed by atoms with Gasteiger partial charge in [-0.2, -0.15) is 0 Å². The van der Waals surface area contributed by atoms with Crippen molar-refractivity contribution in [2.24, 2.45) is 0 Å². The minimum Gasteiger partial charge on any atom is -0.497 e. The van der Waals surface area contributed by atoms with Gasteiger partial charge in [-0.3, -0.25) is 9.59 Å². The molecule has 0 saturated carbocycles. The number of nitrogens with one attached hydrogen (secondary N) is 2. The number of nitrogens with zero attached hydrogens (tertiary/aromatic N) is 3. The first-order valence-corrected chi connectivity index (χ1v) is 14.9.